The molecule has 0 aromatic carbocycles. The van der Waals surface area contributed by atoms with Crippen LogP contribution in [0.3, 0.4) is 0 Å². The molecule has 1 N–H and O–H groups in total. The highest BCUT2D eigenvalue weighted by molar-refractivity contribution is 7.12. The molecule has 2 aromatic rings. The van der Waals surface area contributed by atoms with E-state index in [2.05, 4.69) is 37.1 Å². The molecular formula is C16H21ClN2S. The molecule has 2 heterocycles. The molecule has 0 bridgehead atoms. The van der Waals surface area contributed by atoms with Gasteiger partial charge in [0.25, 0.3) is 0 Å². The number of thiophene rings is 1. The molecular weight excluding hydrogens is 288 g/mol. The van der Waals surface area contributed by atoms with Crippen molar-refractivity contribution in [3.8, 4) is 0 Å². The standard InChI is InChI=1S/C16H21ClN2S/c1-4-6-19-15(16-8-11(2)12(3)20-16)9-13-5-7-18-10-14(13)17/h5,7-8,10,15,19H,4,6,9H2,1-3H3. The molecule has 0 saturated carbocycles. The van der Waals surface area contributed by atoms with Gasteiger partial charge in [0.15, 0.2) is 0 Å². The van der Waals surface area contributed by atoms with Crippen LogP contribution in [0.25, 0.3) is 0 Å². The predicted molar refractivity (Wildman–Crippen MR) is 87.8 cm³/mol. The van der Waals surface area contributed by atoms with Crippen molar-refractivity contribution in [3.05, 3.63) is 50.4 Å². The van der Waals surface area contributed by atoms with E-state index in [0.29, 0.717) is 6.04 Å². The molecule has 0 radical (unpaired) electrons. The van der Waals surface area contributed by atoms with Gasteiger partial charge in [0.2, 0.25) is 0 Å². The van der Waals surface area contributed by atoms with Crippen LogP contribution in [-0.4, -0.2) is 11.5 Å². The van der Waals surface area contributed by atoms with Crippen molar-refractivity contribution in [1.29, 1.82) is 0 Å². The number of nitrogens with one attached hydrogen (secondary N) is 1. The van der Waals surface area contributed by atoms with Crippen molar-refractivity contribution in [2.24, 2.45) is 0 Å². The molecule has 0 aliphatic heterocycles. The zero-order chi connectivity index (χ0) is 14.5. The molecule has 0 amide bonds. The minimum Gasteiger partial charge on any atom is -0.309 e. The van der Waals surface area contributed by atoms with Gasteiger partial charge in [-0.1, -0.05) is 18.5 Å². The van der Waals surface area contributed by atoms with Crippen molar-refractivity contribution >= 4 is 22.9 Å². The summed E-state index contributed by atoms with van der Waals surface area (Å²) in [5.74, 6) is 0. The van der Waals surface area contributed by atoms with Crippen LogP contribution >= 0.6 is 22.9 Å². The van der Waals surface area contributed by atoms with Gasteiger partial charge >= 0.3 is 0 Å². The highest BCUT2D eigenvalue weighted by Crippen LogP contribution is 2.30. The summed E-state index contributed by atoms with van der Waals surface area (Å²) < 4.78 is 0. The fraction of sp³-hybridized carbons (Fsp3) is 0.438. The normalized spacial score (nSPS) is 12.6. The Labute approximate surface area is 130 Å². The van der Waals surface area contributed by atoms with Gasteiger partial charge in [-0.3, -0.25) is 4.98 Å². The molecule has 1 unspecified atom stereocenters. The SMILES string of the molecule is CCCNC(Cc1ccncc1Cl)c1cc(C)c(C)s1. The smallest absolute Gasteiger partial charge is 0.0622 e. The van der Waals surface area contributed by atoms with Crippen molar-refractivity contribution < 1.29 is 0 Å². The van der Waals surface area contributed by atoms with Crippen LogP contribution in [0.5, 0.6) is 0 Å². The quantitative estimate of drug-likeness (QED) is 0.837. The van der Waals surface area contributed by atoms with Crippen LogP contribution in [-0.2, 0) is 6.42 Å². The summed E-state index contributed by atoms with van der Waals surface area (Å²) in [7, 11) is 0. The number of halogens is 1. The fourth-order valence-electron chi connectivity index (χ4n) is 2.15. The predicted octanol–water partition coefficient (Wildman–Crippen LogP) is 4.70. The van der Waals surface area contributed by atoms with Crippen LogP contribution in [0, 0.1) is 13.8 Å². The maximum atomic E-state index is 6.24. The summed E-state index contributed by atoms with van der Waals surface area (Å²) in [5, 5.41) is 4.38. The molecule has 0 aliphatic carbocycles. The third-order valence-corrected chi connectivity index (χ3v) is 5.06. The van der Waals surface area contributed by atoms with Crippen LogP contribution in [0.4, 0.5) is 0 Å². The summed E-state index contributed by atoms with van der Waals surface area (Å²) in [4.78, 5) is 6.84. The van der Waals surface area contributed by atoms with Crippen molar-refractivity contribution in [2.45, 2.75) is 39.7 Å². The molecule has 0 spiro atoms. The Morgan fingerprint density at radius 1 is 1.40 bits per heavy atom. The first-order valence-electron chi connectivity index (χ1n) is 7.00. The number of nitrogens with zero attached hydrogens (tertiary/aromatic N) is 1. The first-order valence-corrected chi connectivity index (χ1v) is 8.20. The highest BCUT2D eigenvalue weighted by Gasteiger charge is 2.16. The van der Waals surface area contributed by atoms with E-state index in [-0.39, 0.29) is 0 Å². The highest BCUT2D eigenvalue weighted by atomic mass is 35.5. The number of pyridine rings is 1. The zero-order valence-corrected chi connectivity index (χ0v) is 13.8. The second-order valence-electron chi connectivity index (χ2n) is 5.07. The molecule has 2 aromatic heterocycles. The van der Waals surface area contributed by atoms with E-state index in [1.165, 1.54) is 15.3 Å². The number of hydrogen-bond acceptors (Lipinski definition) is 3. The Hall–Kier alpha value is -0.900. The third-order valence-electron chi connectivity index (χ3n) is 3.45. The number of aromatic nitrogens is 1. The summed E-state index contributed by atoms with van der Waals surface area (Å²) in [6.07, 6.45) is 5.56. The Bertz CT molecular complexity index is 546. The molecule has 2 rings (SSSR count). The van der Waals surface area contributed by atoms with Crippen LogP contribution < -0.4 is 5.32 Å². The van der Waals surface area contributed by atoms with E-state index in [1.54, 1.807) is 6.20 Å². The Balaban J connectivity index is 2.21. The Morgan fingerprint density at radius 3 is 2.80 bits per heavy atom. The number of rotatable bonds is 6. The summed E-state index contributed by atoms with van der Waals surface area (Å²) in [5.41, 5.74) is 2.52. The monoisotopic (exact) mass is 308 g/mol. The van der Waals surface area contributed by atoms with Gasteiger partial charge in [-0.15, -0.1) is 11.3 Å². The van der Waals surface area contributed by atoms with E-state index in [9.17, 15) is 0 Å². The summed E-state index contributed by atoms with van der Waals surface area (Å²) >= 11 is 8.12. The molecule has 0 aliphatic rings. The summed E-state index contributed by atoms with van der Waals surface area (Å²) in [6.45, 7) is 7.56. The number of hydrogen-bond donors (Lipinski definition) is 1. The number of aryl methyl sites for hydroxylation is 2. The molecule has 2 nitrogen and oxygen atoms in total. The van der Waals surface area contributed by atoms with E-state index < -0.39 is 0 Å². The lowest BCUT2D eigenvalue weighted by molar-refractivity contribution is 0.536. The lowest BCUT2D eigenvalue weighted by Gasteiger charge is -2.18. The molecule has 0 saturated heterocycles. The molecule has 20 heavy (non-hydrogen) atoms. The lowest BCUT2D eigenvalue weighted by Crippen LogP contribution is -2.23. The second kappa shape index (κ2) is 7.21. The van der Waals surface area contributed by atoms with Crippen LogP contribution in [0.15, 0.2) is 24.5 Å². The van der Waals surface area contributed by atoms with Gasteiger partial charge in [-0.2, -0.15) is 0 Å². The van der Waals surface area contributed by atoms with Gasteiger partial charge in [0.1, 0.15) is 0 Å². The molecule has 1 atom stereocenters. The third kappa shape index (κ3) is 3.81. The second-order valence-corrected chi connectivity index (χ2v) is 6.76. The van der Waals surface area contributed by atoms with Crippen molar-refractivity contribution in [1.82, 2.24) is 10.3 Å². The Morgan fingerprint density at radius 2 is 2.20 bits per heavy atom. The van der Waals surface area contributed by atoms with E-state index in [0.717, 1.165) is 30.0 Å². The van der Waals surface area contributed by atoms with Gasteiger partial charge in [-0.25, -0.2) is 0 Å². The van der Waals surface area contributed by atoms with E-state index in [4.69, 9.17) is 11.6 Å². The van der Waals surface area contributed by atoms with Crippen LogP contribution in [0.1, 0.15) is 40.3 Å². The fourth-order valence-corrected chi connectivity index (χ4v) is 3.47. The lowest BCUT2D eigenvalue weighted by atomic mass is 10.0. The van der Waals surface area contributed by atoms with Crippen molar-refractivity contribution in [3.63, 3.8) is 0 Å². The van der Waals surface area contributed by atoms with Crippen LogP contribution in [0.2, 0.25) is 5.02 Å². The molecule has 0 fully saturated rings. The van der Waals surface area contributed by atoms with Gasteiger partial charge in [0.05, 0.1) is 5.02 Å². The minimum atomic E-state index is 0.326. The van der Waals surface area contributed by atoms with Gasteiger partial charge < -0.3 is 5.32 Å². The average Bonchev–Trinajstić information content (AvgIpc) is 2.76. The first kappa shape index (κ1) is 15.5. The maximum Gasteiger partial charge on any atom is 0.0622 e. The average molecular weight is 309 g/mol. The van der Waals surface area contributed by atoms with E-state index >= 15 is 0 Å². The van der Waals surface area contributed by atoms with Gasteiger partial charge in [-0.05, 0) is 56.5 Å². The molecule has 108 valence electrons. The minimum absolute atomic E-state index is 0.326. The Kier molecular flexibility index (Phi) is 5.58. The zero-order valence-electron chi connectivity index (χ0n) is 12.2. The first-order chi connectivity index (χ1) is 9.61. The summed E-state index contributed by atoms with van der Waals surface area (Å²) in [6, 6.07) is 4.63. The van der Waals surface area contributed by atoms with Crippen molar-refractivity contribution in [2.75, 3.05) is 6.54 Å². The maximum absolute atomic E-state index is 6.24. The largest absolute Gasteiger partial charge is 0.309 e. The topological polar surface area (TPSA) is 24.9 Å². The van der Waals surface area contributed by atoms with Gasteiger partial charge in [0, 0.05) is 28.2 Å². The molecule has 4 heteroatoms. The van der Waals surface area contributed by atoms with E-state index in [1.807, 2.05) is 23.6 Å².